The van der Waals surface area contributed by atoms with Gasteiger partial charge in [0.05, 0.1) is 5.75 Å². The van der Waals surface area contributed by atoms with E-state index in [9.17, 15) is 8.42 Å². The second-order valence-electron chi connectivity index (χ2n) is 8.08. The molecule has 2 aliphatic rings. The van der Waals surface area contributed by atoms with E-state index in [4.69, 9.17) is 4.99 Å². The molecule has 0 unspecified atom stereocenters. The van der Waals surface area contributed by atoms with E-state index in [1.165, 1.54) is 19.3 Å². The maximum absolute atomic E-state index is 12.1. The molecule has 0 spiro atoms. The quantitative estimate of drug-likeness (QED) is 0.526. The SMILES string of the molecule is CCS(=O)(=O)N1CCC(NC(=NCc2nnc(C)n2C)NC2CCCCC2)CC1. The summed E-state index contributed by atoms with van der Waals surface area (Å²) in [7, 11) is -1.15. The Hall–Kier alpha value is -1.68. The highest BCUT2D eigenvalue weighted by Gasteiger charge is 2.27. The molecule has 29 heavy (non-hydrogen) atoms. The monoisotopic (exact) mass is 425 g/mol. The normalized spacial score (nSPS) is 20.7. The Kier molecular flexibility index (Phi) is 7.50. The molecule has 9 nitrogen and oxygen atoms in total. The van der Waals surface area contributed by atoms with Gasteiger partial charge >= 0.3 is 0 Å². The van der Waals surface area contributed by atoms with Gasteiger partial charge < -0.3 is 15.2 Å². The van der Waals surface area contributed by atoms with Crippen LogP contribution in [0.4, 0.5) is 0 Å². The maximum atomic E-state index is 12.1. The highest BCUT2D eigenvalue weighted by molar-refractivity contribution is 7.89. The van der Waals surface area contributed by atoms with E-state index in [0.717, 1.165) is 43.3 Å². The van der Waals surface area contributed by atoms with Crippen molar-refractivity contribution in [2.45, 2.75) is 77.4 Å². The molecule has 2 fully saturated rings. The van der Waals surface area contributed by atoms with Crippen LogP contribution in [0.25, 0.3) is 0 Å². The van der Waals surface area contributed by atoms with Crippen LogP contribution in [0.5, 0.6) is 0 Å². The molecule has 1 saturated heterocycles. The summed E-state index contributed by atoms with van der Waals surface area (Å²) in [5, 5.41) is 15.5. The lowest BCUT2D eigenvalue weighted by molar-refractivity contribution is 0.305. The zero-order chi connectivity index (χ0) is 20.9. The molecule has 1 aromatic rings. The lowest BCUT2D eigenvalue weighted by Crippen LogP contribution is -2.52. The van der Waals surface area contributed by atoms with Crippen LogP contribution in [-0.2, 0) is 23.6 Å². The topological polar surface area (TPSA) is 105 Å². The molecule has 1 saturated carbocycles. The van der Waals surface area contributed by atoms with Crippen LogP contribution in [0.1, 0.15) is 63.5 Å². The van der Waals surface area contributed by atoms with Crippen LogP contribution >= 0.6 is 0 Å². The zero-order valence-electron chi connectivity index (χ0n) is 17.9. The Bertz CT molecular complexity index is 791. The third-order valence-corrected chi connectivity index (χ3v) is 7.94. The van der Waals surface area contributed by atoms with Gasteiger partial charge in [0.15, 0.2) is 11.8 Å². The number of aliphatic imine (C=N–C) groups is 1. The van der Waals surface area contributed by atoms with Crippen molar-refractivity contribution in [3.05, 3.63) is 11.6 Å². The fourth-order valence-corrected chi connectivity index (χ4v) is 5.10. The van der Waals surface area contributed by atoms with Crippen molar-refractivity contribution in [2.24, 2.45) is 12.0 Å². The molecule has 10 heteroatoms. The lowest BCUT2D eigenvalue weighted by atomic mass is 9.96. The van der Waals surface area contributed by atoms with E-state index in [1.54, 1.807) is 11.2 Å². The number of aromatic nitrogens is 3. The summed E-state index contributed by atoms with van der Waals surface area (Å²) in [4.78, 5) is 4.78. The molecule has 0 atom stereocenters. The van der Waals surface area contributed by atoms with Gasteiger partial charge in [-0.3, -0.25) is 0 Å². The van der Waals surface area contributed by atoms with Crippen LogP contribution in [0.3, 0.4) is 0 Å². The Morgan fingerprint density at radius 2 is 1.69 bits per heavy atom. The van der Waals surface area contributed by atoms with Crippen molar-refractivity contribution in [3.63, 3.8) is 0 Å². The van der Waals surface area contributed by atoms with Gasteiger partial charge in [-0.05, 0) is 39.5 Å². The van der Waals surface area contributed by atoms with Gasteiger partial charge in [-0.15, -0.1) is 10.2 Å². The molecule has 1 aliphatic carbocycles. The van der Waals surface area contributed by atoms with E-state index < -0.39 is 10.0 Å². The Labute approximate surface area is 174 Å². The molecule has 2 heterocycles. The van der Waals surface area contributed by atoms with Gasteiger partial charge in [0.25, 0.3) is 0 Å². The van der Waals surface area contributed by atoms with E-state index >= 15 is 0 Å². The highest BCUT2D eigenvalue weighted by Crippen LogP contribution is 2.18. The highest BCUT2D eigenvalue weighted by atomic mass is 32.2. The minimum atomic E-state index is -3.10. The molecular weight excluding hydrogens is 390 g/mol. The Morgan fingerprint density at radius 1 is 1.07 bits per heavy atom. The maximum Gasteiger partial charge on any atom is 0.213 e. The number of sulfonamides is 1. The molecule has 3 rings (SSSR count). The lowest BCUT2D eigenvalue weighted by Gasteiger charge is -2.33. The predicted molar refractivity (Wildman–Crippen MR) is 114 cm³/mol. The average molecular weight is 426 g/mol. The summed E-state index contributed by atoms with van der Waals surface area (Å²) >= 11 is 0. The summed E-state index contributed by atoms with van der Waals surface area (Å²) < 4.78 is 27.8. The third kappa shape index (κ3) is 5.91. The summed E-state index contributed by atoms with van der Waals surface area (Å²) in [5.41, 5.74) is 0. The number of piperidine rings is 1. The number of aryl methyl sites for hydroxylation is 1. The summed E-state index contributed by atoms with van der Waals surface area (Å²) in [6.07, 6.45) is 7.71. The predicted octanol–water partition coefficient (Wildman–Crippen LogP) is 1.31. The first kappa shape index (κ1) is 22.0. The molecule has 1 aliphatic heterocycles. The molecule has 2 N–H and O–H groups in total. The number of guanidine groups is 1. The van der Waals surface area contributed by atoms with Crippen LogP contribution in [0, 0.1) is 6.92 Å². The minimum absolute atomic E-state index is 0.165. The number of rotatable bonds is 6. The average Bonchev–Trinajstić information content (AvgIpc) is 3.05. The number of hydrogen-bond acceptors (Lipinski definition) is 5. The second-order valence-corrected chi connectivity index (χ2v) is 10.3. The fourth-order valence-electron chi connectivity index (χ4n) is 3.97. The Morgan fingerprint density at radius 3 is 2.24 bits per heavy atom. The summed E-state index contributed by atoms with van der Waals surface area (Å²) in [5.74, 6) is 2.66. The summed E-state index contributed by atoms with van der Waals surface area (Å²) in [6.45, 7) is 5.22. The largest absolute Gasteiger partial charge is 0.354 e. The van der Waals surface area contributed by atoms with Crippen LogP contribution in [0.15, 0.2) is 4.99 Å². The molecule has 0 aromatic carbocycles. The second kappa shape index (κ2) is 9.88. The minimum Gasteiger partial charge on any atom is -0.354 e. The van der Waals surface area contributed by atoms with Gasteiger partial charge in [0, 0.05) is 32.2 Å². The van der Waals surface area contributed by atoms with E-state index in [1.807, 2.05) is 18.5 Å². The fraction of sp³-hybridized carbons (Fsp3) is 0.842. The smallest absolute Gasteiger partial charge is 0.213 e. The van der Waals surface area contributed by atoms with Crippen LogP contribution in [-0.4, -0.2) is 64.4 Å². The van der Waals surface area contributed by atoms with Crippen molar-refractivity contribution >= 4 is 16.0 Å². The van der Waals surface area contributed by atoms with E-state index in [-0.39, 0.29) is 11.8 Å². The van der Waals surface area contributed by atoms with Gasteiger partial charge in [-0.2, -0.15) is 0 Å². The number of hydrogen-bond donors (Lipinski definition) is 2. The van der Waals surface area contributed by atoms with Crippen LogP contribution in [0.2, 0.25) is 0 Å². The molecular formula is C19H35N7O2S. The Balaban J connectivity index is 1.63. The number of nitrogens with one attached hydrogen (secondary N) is 2. The van der Waals surface area contributed by atoms with Gasteiger partial charge in [-0.1, -0.05) is 19.3 Å². The molecule has 0 amide bonds. The first-order valence-corrected chi connectivity index (χ1v) is 12.4. The van der Waals surface area contributed by atoms with E-state index in [0.29, 0.717) is 25.7 Å². The number of nitrogens with zero attached hydrogens (tertiary/aromatic N) is 5. The molecule has 164 valence electrons. The van der Waals surface area contributed by atoms with Crippen molar-refractivity contribution in [1.82, 2.24) is 29.7 Å². The zero-order valence-corrected chi connectivity index (χ0v) is 18.7. The summed E-state index contributed by atoms with van der Waals surface area (Å²) in [6, 6.07) is 0.658. The van der Waals surface area contributed by atoms with Crippen molar-refractivity contribution in [3.8, 4) is 0 Å². The molecule has 0 bridgehead atoms. The first-order valence-electron chi connectivity index (χ1n) is 10.8. The van der Waals surface area contributed by atoms with Gasteiger partial charge in [0.2, 0.25) is 10.0 Å². The van der Waals surface area contributed by atoms with E-state index in [2.05, 4.69) is 20.8 Å². The molecule has 1 aromatic heterocycles. The van der Waals surface area contributed by atoms with Crippen molar-refractivity contribution in [1.29, 1.82) is 0 Å². The van der Waals surface area contributed by atoms with Gasteiger partial charge in [0.1, 0.15) is 12.4 Å². The first-order chi connectivity index (χ1) is 13.9. The third-order valence-electron chi connectivity index (χ3n) is 6.06. The standard InChI is InChI=1S/C19H35N7O2S/c1-4-29(27,28)26-12-10-17(11-13-26)22-19(21-16-8-6-5-7-9-16)20-14-18-24-23-15(2)25(18)3/h16-17H,4-14H2,1-3H3,(H2,20,21,22). The van der Waals surface area contributed by atoms with Gasteiger partial charge in [-0.25, -0.2) is 17.7 Å². The van der Waals surface area contributed by atoms with Crippen molar-refractivity contribution < 1.29 is 8.42 Å². The molecule has 0 radical (unpaired) electrons. The van der Waals surface area contributed by atoms with Crippen LogP contribution < -0.4 is 10.6 Å². The van der Waals surface area contributed by atoms with Crippen molar-refractivity contribution in [2.75, 3.05) is 18.8 Å².